The molecule has 0 spiro atoms. The standard InChI is InChI=1S/C16H20N2O3/c19-15(20)12-5-6-13-10-18(11-14(13)9-12)16(21)17-7-3-1-2-4-8-17/h5-6,9H,1-4,7-8,10-11H2,(H,19,20). The van der Waals surface area contributed by atoms with Gasteiger partial charge in [0, 0.05) is 26.2 Å². The zero-order valence-electron chi connectivity index (χ0n) is 12.0. The summed E-state index contributed by atoms with van der Waals surface area (Å²) in [6.45, 7) is 2.79. The summed E-state index contributed by atoms with van der Waals surface area (Å²) in [7, 11) is 0. The van der Waals surface area contributed by atoms with E-state index in [4.69, 9.17) is 5.11 Å². The largest absolute Gasteiger partial charge is 0.478 e. The maximum atomic E-state index is 12.6. The van der Waals surface area contributed by atoms with E-state index >= 15 is 0 Å². The number of carboxylic acids is 1. The Morgan fingerprint density at radius 1 is 0.905 bits per heavy atom. The van der Waals surface area contributed by atoms with Gasteiger partial charge in [-0.25, -0.2) is 9.59 Å². The Morgan fingerprint density at radius 2 is 1.57 bits per heavy atom. The lowest BCUT2D eigenvalue weighted by Crippen LogP contribution is -2.41. The number of rotatable bonds is 1. The van der Waals surface area contributed by atoms with Crippen LogP contribution in [0.15, 0.2) is 18.2 Å². The van der Waals surface area contributed by atoms with E-state index in [-0.39, 0.29) is 11.6 Å². The van der Waals surface area contributed by atoms with E-state index in [9.17, 15) is 9.59 Å². The Bertz CT molecular complexity index is 563. The Labute approximate surface area is 124 Å². The number of amides is 2. The highest BCUT2D eigenvalue weighted by Crippen LogP contribution is 2.25. The molecule has 0 aromatic heterocycles. The molecule has 1 fully saturated rings. The summed E-state index contributed by atoms with van der Waals surface area (Å²) < 4.78 is 0. The van der Waals surface area contributed by atoms with Crippen molar-refractivity contribution in [3.63, 3.8) is 0 Å². The second kappa shape index (κ2) is 5.76. The van der Waals surface area contributed by atoms with Crippen LogP contribution in [0.3, 0.4) is 0 Å². The molecule has 2 heterocycles. The molecule has 0 saturated carbocycles. The van der Waals surface area contributed by atoms with Crippen LogP contribution in [0.2, 0.25) is 0 Å². The van der Waals surface area contributed by atoms with E-state index in [1.54, 1.807) is 12.1 Å². The van der Waals surface area contributed by atoms with Crippen molar-refractivity contribution >= 4 is 12.0 Å². The number of fused-ring (bicyclic) bond motifs is 1. The van der Waals surface area contributed by atoms with Gasteiger partial charge in [0.15, 0.2) is 0 Å². The maximum absolute atomic E-state index is 12.6. The molecular formula is C16H20N2O3. The zero-order chi connectivity index (χ0) is 14.8. The lowest BCUT2D eigenvalue weighted by Gasteiger charge is -2.26. The summed E-state index contributed by atoms with van der Waals surface area (Å²) in [5, 5.41) is 9.04. The predicted molar refractivity (Wildman–Crippen MR) is 78.1 cm³/mol. The molecule has 0 aliphatic carbocycles. The third-order valence-electron chi connectivity index (χ3n) is 4.32. The van der Waals surface area contributed by atoms with Crippen LogP contribution in [-0.4, -0.2) is 40.0 Å². The van der Waals surface area contributed by atoms with E-state index < -0.39 is 5.97 Å². The van der Waals surface area contributed by atoms with Crippen molar-refractivity contribution < 1.29 is 14.7 Å². The number of carbonyl (C=O) groups excluding carboxylic acids is 1. The van der Waals surface area contributed by atoms with Gasteiger partial charge in [-0.3, -0.25) is 0 Å². The van der Waals surface area contributed by atoms with Gasteiger partial charge in [-0.2, -0.15) is 0 Å². The molecule has 3 rings (SSSR count). The number of benzene rings is 1. The molecule has 112 valence electrons. The topological polar surface area (TPSA) is 60.9 Å². The molecule has 1 N–H and O–H groups in total. The van der Waals surface area contributed by atoms with Crippen molar-refractivity contribution in [2.24, 2.45) is 0 Å². The first-order valence-electron chi connectivity index (χ1n) is 7.54. The van der Waals surface area contributed by atoms with E-state index in [1.165, 1.54) is 12.8 Å². The van der Waals surface area contributed by atoms with E-state index in [0.29, 0.717) is 13.1 Å². The predicted octanol–water partition coefficient (Wildman–Crippen LogP) is 2.70. The van der Waals surface area contributed by atoms with Crippen LogP contribution in [0.25, 0.3) is 0 Å². The first-order valence-corrected chi connectivity index (χ1v) is 7.54. The maximum Gasteiger partial charge on any atom is 0.335 e. The molecule has 0 bridgehead atoms. The molecule has 5 heteroatoms. The molecule has 1 aromatic carbocycles. The zero-order valence-corrected chi connectivity index (χ0v) is 12.0. The van der Waals surface area contributed by atoms with Gasteiger partial charge in [-0.15, -0.1) is 0 Å². The highest BCUT2D eigenvalue weighted by molar-refractivity contribution is 5.88. The van der Waals surface area contributed by atoms with Gasteiger partial charge in [0.05, 0.1) is 5.56 Å². The SMILES string of the molecule is O=C(O)c1ccc2c(c1)CN(C(=O)N1CCCCCC1)C2. The van der Waals surface area contributed by atoms with Crippen LogP contribution >= 0.6 is 0 Å². The number of nitrogens with zero attached hydrogens (tertiary/aromatic N) is 2. The highest BCUT2D eigenvalue weighted by atomic mass is 16.4. The molecule has 1 aromatic rings. The molecule has 2 amide bonds. The quantitative estimate of drug-likeness (QED) is 0.864. The number of urea groups is 1. The second-order valence-corrected chi connectivity index (χ2v) is 5.83. The normalized spacial score (nSPS) is 18.3. The smallest absolute Gasteiger partial charge is 0.335 e. The summed E-state index contributed by atoms with van der Waals surface area (Å²) in [5.41, 5.74) is 2.30. The summed E-state index contributed by atoms with van der Waals surface area (Å²) in [5.74, 6) is -0.921. The lowest BCUT2D eigenvalue weighted by molar-refractivity contribution is 0.0696. The Kier molecular flexibility index (Phi) is 3.82. The van der Waals surface area contributed by atoms with Crippen LogP contribution in [0.1, 0.15) is 47.2 Å². The fraction of sp³-hybridized carbons (Fsp3) is 0.500. The fourth-order valence-corrected chi connectivity index (χ4v) is 3.12. The monoisotopic (exact) mass is 288 g/mol. The number of likely N-dealkylation sites (tertiary alicyclic amines) is 1. The molecule has 0 atom stereocenters. The summed E-state index contributed by atoms with van der Waals surface area (Å²) in [6.07, 6.45) is 4.56. The van der Waals surface area contributed by atoms with Crippen LogP contribution < -0.4 is 0 Å². The summed E-state index contributed by atoms with van der Waals surface area (Å²) in [4.78, 5) is 27.4. The minimum atomic E-state index is -0.921. The number of aromatic carboxylic acids is 1. The van der Waals surface area contributed by atoms with Crippen LogP contribution in [-0.2, 0) is 13.1 Å². The van der Waals surface area contributed by atoms with Gasteiger partial charge >= 0.3 is 12.0 Å². The number of hydrogen-bond donors (Lipinski definition) is 1. The first-order chi connectivity index (χ1) is 10.1. The van der Waals surface area contributed by atoms with Crippen molar-refractivity contribution in [2.45, 2.75) is 38.8 Å². The van der Waals surface area contributed by atoms with Gasteiger partial charge in [0.2, 0.25) is 0 Å². The van der Waals surface area contributed by atoms with Gasteiger partial charge < -0.3 is 14.9 Å². The van der Waals surface area contributed by atoms with Gasteiger partial charge in [0.25, 0.3) is 0 Å². The molecule has 5 nitrogen and oxygen atoms in total. The van der Waals surface area contributed by atoms with Crippen molar-refractivity contribution in [3.8, 4) is 0 Å². The van der Waals surface area contributed by atoms with Gasteiger partial charge in [-0.1, -0.05) is 18.9 Å². The van der Waals surface area contributed by atoms with E-state index in [1.807, 2.05) is 15.9 Å². The average molecular weight is 288 g/mol. The van der Waals surface area contributed by atoms with Crippen LogP contribution in [0, 0.1) is 0 Å². The van der Waals surface area contributed by atoms with E-state index in [2.05, 4.69) is 0 Å². The molecular weight excluding hydrogens is 268 g/mol. The highest BCUT2D eigenvalue weighted by Gasteiger charge is 2.27. The van der Waals surface area contributed by atoms with Crippen molar-refractivity contribution in [1.29, 1.82) is 0 Å². The number of carbonyl (C=O) groups is 2. The average Bonchev–Trinajstić information content (AvgIpc) is 2.71. The third kappa shape index (κ3) is 2.86. The van der Waals surface area contributed by atoms with Crippen molar-refractivity contribution in [2.75, 3.05) is 13.1 Å². The minimum Gasteiger partial charge on any atom is -0.478 e. The fourth-order valence-electron chi connectivity index (χ4n) is 3.12. The molecule has 0 radical (unpaired) electrons. The van der Waals surface area contributed by atoms with Crippen LogP contribution in [0.5, 0.6) is 0 Å². The third-order valence-corrected chi connectivity index (χ3v) is 4.32. The Morgan fingerprint density at radius 3 is 2.24 bits per heavy atom. The summed E-state index contributed by atoms with van der Waals surface area (Å²) in [6, 6.07) is 5.22. The van der Waals surface area contributed by atoms with Gasteiger partial charge in [0.1, 0.15) is 0 Å². The second-order valence-electron chi connectivity index (χ2n) is 5.83. The molecule has 1 saturated heterocycles. The van der Waals surface area contributed by atoms with Crippen LogP contribution in [0.4, 0.5) is 4.79 Å². The lowest BCUT2D eigenvalue weighted by atomic mass is 10.1. The number of hydrogen-bond acceptors (Lipinski definition) is 2. The molecule has 2 aliphatic rings. The Balaban J connectivity index is 1.71. The van der Waals surface area contributed by atoms with Gasteiger partial charge in [-0.05, 0) is 36.1 Å². The molecule has 21 heavy (non-hydrogen) atoms. The first kappa shape index (κ1) is 13.9. The Hall–Kier alpha value is -2.04. The number of carboxylic acid groups (broad SMARTS) is 1. The molecule has 2 aliphatic heterocycles. The van der Waals surface area contributed by atoms with Crippen molar-refractivity contribution in [3.05, 3.63) is 34.9 Å². The minimum absolute atomic E-state index is 0.0879. The summed E-state index contributed by atoms with van der Waals surface area (Å²) >= 11 is 0. The van der Waals surface area contributed by atoms with Crippen molar-refractivity contribution in [1.82, 2.24) is 9.80 Å². The van der Waals surface area contributed by atoms with E-state index in [0.717, 1.165) is 37.1 Å². The molecule has 0 unspecified atom stereocenters.